The minimum Gasteiger partial charge on any atom is -0.382 e. The third-order valence-electron chi connectivity index (χ3n) is 3.69. The van der Waals surface area contributed by atoms with Gasteiger partial charge < -0.3 is 11.1 Å². The number of unbranched alkanes of at least 4 members (excludes halogenated alkanes) is 1. The lowest BCUT2D eigenvalue weighted by Crippen LogP contribution is -2.13. The third-order valence-corrected chi connectivity index (χ3v) is 5.28. The Morgan fingerprint density at radius 1 is 1.38 bits per heavy atom. The van der Waals surface area contributed by atoms with Crippen LogP contribution in [0.3, 0.4) is 0 Å². The average molecular weight is 325 g/mol. The summed E-state index contributed by atoms with van der Waals surface area (Å²) in [6.07, 6.45) is 5.03. The largest absolute Gasteiger partial charge is 0.382 e. The Hall–Kier alpha value is -1.14. The quantitative estimate of drug-likeness (QED) is 0.733. The van der Waals surface area contributed by atoms with E-state index in [9.17, 15) is 0 Å². The molecule has 0 amide bonds. The van der Waals surface area contributed by atoms with E-state index in [1.807, 2.05) is 6.92 Å². The van der Waals surface area contributed by atoms with Crippen molar-refractivity contribution < 1.29 is 0 Å². The van der Waals surface area contributed by atoms with Crippen molar-refractivity contribution in [1.82, 2.24) is 9.36 Å². The Kier molecular flexibility index (Phi) is 5.99. The molecule has 2 heterocycles. The number of hydrogen-bond acceptors (Lipinski definition) is 6. The highest BCUT2D eigenvalue weighted by Crippen LogP contribution is 2.37. The van der Waals surface area contributed by atoms with Gasteiger partial charge in [-0.25, -0.2) is 4.98 Å². The zero-order valence-electron chi connectivity index (χ0n) is 13.0. The van der Waals surface area contributed by atoms with Crippen LogP contribution in [0.5, 0.6) is 0 Å². The van der Waals surface area contributed by atoms with Gasteiger partial charge in [0, 0.05) is 11.9 Å². The lowest BCUT2D eigenvalue weighted by atomic mass is 9.99. The summed E-state index contributed by atoms with van der Waals surface area (Å²) in [5.74, 6) is 1.28. The summed E-state index contributed by atoms with van der Waals surface area (Å²) in [5, 5.41) is 7.69. The van der Waals surface area contributed by atoms with E-state index in [1.54, 1.807) is 11.3 Å². The van der Waals surface area contributed by atoms with Gasteiger partial charge in [0.05, 0.1) is 16.3 Å². The van der Waals surface area contributed by atoms with Crippen molar-refractivity contribution in [2.75, 3.05) is 17.6 Å². The maximum absolute atomic E-state index is 6.03. The highest BCUT2D eigenvalue weighted by Gasteiger charge is 2.17. The second kappa shape index (κ2) is 7.75. The molecule has 2 aromatic rings. The number of anilines is 2. The van der Waals surface area contributed by atoms with Crippen molar-refractivity contribution in [2.24, 2.45) is 5.92 Å². The van der Waals surface area contributed by atoms with Gasteiger partial charge in [-0.05, 0) is 30.8 Å². The van der Waals surface area contributed by atoms with Gasteiger partial charge in [-0.3, -0.25) is 0 Å². The van der Waals surface area contributed by atoms with Crippen molar-refractivity contribution in [2.45, 2.75) is 46.5 Å². The van der Waals surface area contributed by atoms with Gasteiger partial charge in [-0.2, -0.15) is 4.37 Å². The van der Waals surface area contributed by atoms with E-state index in [1.165, 1.54) is 37.2 Å². The van der Waals surface area contributed by atoms with E-state index in [0.717, 1.165) is 27.8 Å². The molecule has 0 radical (unpaired) electrons. The topological polar surface area (TPSA) is 63.8 Å². The summed E-state index contributed by atoms with van der Waals surface area (Å²) in [4.78, 5) is 4.54. The molecular formula is C15H24N4S2. The molecule has 0 saturated heterocycles. The number of rotatable bonds is 8. The molecular weight excluding hydrogens is 300 g/mol. The fourth-order valence-corrected chi connectivity index (χ4v) is 3.66. The standard InChI is InChI=1S/C15H24N4S2/c1-4-6-7-11(5-2)8-17-15-13(14(16)19-21-15)12-9-20-10(3)18-12/h9,11,17H,4-8H2,1-3H3,(H2,16,19). The molecule has 0 bridgehead atoms. The number of thiazole rings is 1. The van der Waals surface area contributed by atoms with Crippen molar-refractivity contribution in [1.29, 1.82) is 0 Å². The molecule has 0 aromatic carbocycles. The van der Waals surface area contributed by atoms with E-state index in [4.69, 9.17) is 5.73 Å². The molecule has 6 heteroatoms. The lowest BCUT2D eigenvalue weighted by molar-refractivity contribution is 0.473. The molecule has 0 aliphatic carbocycles. The van der Waals surface area contributed by atoms with Crippen LogP contribution < -0.4 is 11.1 Å². The van der Waals surface area contributed by atoms with Crippen LogP contribution in [0.4, 0.5) is 10.8 Å². The maximum Gasteiger partial charge on any atom is 0.148 e. The van der Waals surface area contributed by atoms with E-state index >= 15 is 0 Å². The first kappa shape index (κ1) is 16.2. The number of nitrogens with zero attached hydrogens (tertiary/aromatic N) is 2. The molecule has 1 atom stereocenters. The van der Waals surface area contributed by atoms with Crippen LogP contribution in [0.25, 0.3) is 11.3 Å². The van der Waals surface area contributed by atoms with Crippen LogP contribution in [0, 0.1) is 12.8 Å². The zero-order valence-corrected chi connectivity index (χ0v) is 14.6. The summed E-state index contributed by atoms with van der Waals surface area (Å²) in [6.45, 7) is 7.49. The molecule has 2 rings (SSSR count). The molecule has 4 nitrogen and oxygen atoms in total. The van der Waals surface area contributed by atoms with Gasteiger partial charge in [-0.15, -0.1) is 11.3 Å². The maximum atomic E-state index is 6.03. The van der Waals surface area contributed by atoms with Gasteiger partial charge in [-0.1, -0.05) is 33.1 Å². The number of nitrogens with two attached hydrogens (primary N) is 1. The number of aryl methyl sites for hydroxylation is 1. The summed E-state index contributed by atoms with van der Waals surface area (Å²) in [5.41, 5.74) is 7.93. The Bertz CT molecular complexity index is 562. The molecule has 116 valence electrons. The number of aromatic nitrogens is 2. The highest BCUT2D eigenvalue weighted by atomic mass is 32.1. The molecule has 21 heavy (non-hydrogen) atoms. The van der Waals surface area contributed by atoms with Crippen LogP contribution in [-0.4, -0.2) is 15.9 Å². The lowest BCUT2D eigenvalue weighted by Gasteiger charge is -2.15. The van der Waals surface area contributed by atoms with Crippen molar-refractivity contribution >= 4 is 33.7 Å². The normalized spacial score (nSPS) is 12.5. The second-order valence-corrected chi connectivity index (χ2v) is 7.16. The van der Waals surface area contributed by atoms with Gasteiger partial charge in [0.25, 0.3) is 0 Å². The van der Waals surface area contributed by atoms with Gasteiger partial charge in [0.1, 0.15) is 10.8 Å². The van der Waals surface area contributed by atoms with Crippen LogP contribution in [0.2, 0.25) is 0 Å². The van der Waals surface area contributed by atoms with Crippen molar-refractivity contribution in [3.63, 3.8) is 0 Å². The highest BCUT2D eigenvalue weighted by molar-refractivity contribution is 7.11. The SMILES string of the molecule is CCCCC(CC)CNc1snc(N)c1-c1csc(C)n1. The van der Waals surface area contributed by atoms with E-state index in [-0.39, 0.29) is 0 Å². The number of hydrogen-bond donors (Lipinski definition) is 2. The fourth-order valence-electron chi connectivity index (χ4n) is 2.33. The fraction of sp³-hybridized carbons (Fsp3) is 0.600. The molecule has 0 aliphatic rings. The third kappa shape index (κ3) is 4.17. The first-order valence-electron chi connectivity index (χ1n) is 7.57. The molecule has 1 unspecified atom stereocenters. The predicted octanol–water partition coefficient (Wildman–Crippen LogP) is 4.79. The van der Waals surface area contributed by atoms with Gasteiger partial charge >= 0.3 is 0 Å². The Morgan fingerprint density at radius 3 is 2.81 bits per heavy atom. The summed E-state index contributed by atoms with van der Waals surface area (Å²) in [6, 6.07) is 0. The monoisotopic (exact) mass is 324 g/mol. The molecule has 2 aromatic heterocycles. The van der Waals surface area contributed by atoms with Crippen LogP contribution in [0.15, 0.2) is 5.38 Å². The number of nitrogen functional groups attached to an aromatic ring is 1. The summed E-state index contributed by atoms with van der Waals surface area (Å²) < 4.78 is 4.29. The first-order chi connectivity index (χ1) is 10.2. The molecule has 0 aliphatic heterocycles. The van der Waals surface area contributed by atoms with Crippen molar-refractivity contribution in [3.8, 4) is 11.3 Å². The number of nitrogens with one attached hydrogen (secondary N) is 1. The van der Waals surface area contributed by atoms with E-state index in [0.29, 0.717) is 11.7 Å². The minimum absolute atomic E-state index is 0.578. The average Bonchev–Trinajstić information content (AvgIpc) is 3.05. The smallest absolute Gasteiger partial charge is 0.148 e. The summed E-state index contributed by atoms with van der Waals surface area (Å²) in [7, 11) is 0. The predicted molar refractivity (Wildman–Crippen MR) is 94.2 cm³/mol. The Morgan fingerprint density at radius 2 is 2.19 bits per heavy atom. The van der Waals surface area contributed by atoms with Crippen LogP contribution in [-0.2, 0) is 0 Å². The molecule has 3 N–H and O–H groups in total. The van der Waals surface area contributed by atoms with Crippen molar-refractivity contribution in [3.05, 3.63) is 10.4 Å². The van der Waals surface area contributed by atoms with E-state index < -0.39 is 0 Å². The molecule has 0 fully saturated rings. The summed E-state index contributed by atoms with van der Waals surface area (Å²) >= 11 is 3.08. The van der Waals surface area contributed by atoms with Crippen LogP contribution in [0.1, 0.15) is 44.5 Å². The molecule has 0 spiro atoms. The first-order valence-corrected chi connectivity index (χ1v) is 9.22. The molecule has 0 saturated carbocycles. The van der Waals surface area contributed by atoms with Crippen LogP contribution >= 0.6 is 22.9 Å². The zero-order chi connectivity index (χ0) is 15.2. The minimum atomic E-state index is 0.578. The Balaban J connectivity index is 2.07. The Labute approximate surface area is 135 Å². The van der Waals surface area contributed by atoms with E-state index in [2.05, 4.69) is 33.9 Å². The van der Waals surface area contributed by atoms with Gasteiger partial charge in [0.15, 0.2) is 0 Å². The van der Waals surface area contributed by atoms with Gasteiger partial charge in [0.2, 0.25) is 0 Å². The second-order valence-electron chi connectivity index (χ2n) is 5.32.